The maximum absolute atomic E-state index is 12.5. The van der Waals surface area contributed by atoms with Gasteiger partial charge in [-0.25, -0.2) is 8.42 Å². The van der Waals surface area contributed by atoms with Crippen LogP contribution in [0.25, 0.3) is 0 Å². The third-order valence-corrected chi connectivity index (χ3v) is 4.41. The van der Waals surface area contributed by atoms with Gasteiger partial charge in [-0.2, -0.15) is 4.31 Å². The van der Waals surface area contributed by atoms with Crippen molar-refractivity contribution >= 4 is 15.7 Å². The van der Waals surface area contributed by atoms with Crippen LogP contribution in [0.3, 0.4) is 0 Å². The van der Waals surface area contributed by atoms with Crippen LogP contribution < -0.4 is 10.5 Å². The largest absolute Gasteiger partial charge is 0.495 e. The van der Waals surface area contributed by atoms with Gasteiger partial charge in [-0.1, -0.05) is 12.8 Å². The van der Waals surface area contributed by atoms with E-state index in [2.05, 4.69) is 5.92 Å². The molecule has 0 aliphatic heterocycles. The van der Waals surface area contributed by atoms with E-state index in [9.17, 15) is 8.42 Å². The second-order valence-corrected chi connectivity index (χ2v) is 5.86. The van der Waals surface area contributed by atoms with Crippen LogP contribution in [0.2, 0.25) is 0 Å². The Bertz CT molecular complexity index is 576. The minimum absolute atomic E-state index is 0.0220. The third-order valence-electron chi connectivity index (χ3n) is 2.55. The Kier molecular flexibility index (Phi) is 5.21. The molecule has 19 heavy (non-hydrogen) atoms. The zero-order valence-corrected chi connectivity index (χ0v) is 11.9. The van der Waals surface area contributed by atoms with Gasteiger partial charge >= 0.3 is 0 Å². The summed E-state index contributed by atoms with van der Waals surface area (Å²) in [6, 6.07) is 4.50. The summed E-state index contributed by atoms with van der Waals surface area (Å²) in [4.78, 5) is 0.0405. The topological polar surface area (TPSA) is 72.6 Å². The summed E-state index contributed by atoms with van der Waals surface area (Å²) < 4.78 is 31.4. The number of terminal acetylenes is 1. The van der Waals surface area contributed by atoms with Crippen molar-refractivity contribution in [2.24, 2.45) is 0 Å². The monoisotopic (exact) mass is 282 g/mol. The molecule has 0 aliphatic carbocycles. The number of nitrogens with two attached hydrogens (primary N) is 1. The number of methoxy groups -OCH3 is 1. The van der Waals surface area contributed by atoms with Crippen molar-refractivity contribution in [2.75, 3.05) is 25.9 Å². The molecule has 0 atom stereocenters. The summed E-state index contributed by atoms with van der Waals surface area (Å²) in [6.45, 7) is 2.26. The highest BCUT2D eigenvalue weighted by atomic mass is 32.2. The van der Waals surface area contributed by atoms with Gasteiger partial charge in [-0.15, -0.1) is 6.42 Å². The molecular weight excluding hydrogens is 264 g/mol. The average Bonchev–Trinajstić information content (AvgIpc) is 2.38. The van der Waals surface area contributed by atoms with Crippen molar-refractivity contribution in [1.82, 2.24) is 4.31 Å². The van der Waals surface area contributed by atoms with E-state index >= 15 is 0 Å². The van der Waals surface area contributed by atoms with Crippen LogP contribution in [0.5, 0.6) is 5.75 Å². The lowest BCUT2D eigenvalue weighted by Crippen LogP contribution is -2.32. The molecule has 0 saturated heterocycles. The van der Waals surface area contributed by atoms with Gasteiger partial charge in [0, 0.05) is 12.2 Å². The van der Waals surface area contributed by atoms with E-state index in [-0.39, 0.29) is 17.2 Å². The predicted molar refractivity (Wildman–Crippen MR) is 75.3 cm³/mol. The first-order chi connectivity index (χ1) is 8.97. The summed E-state index contributed by atoms with van der Waals surface area (Å²) in [7, 11) is -2.29. The molecule has 0 bridgehead atoms. The van der Waals surface area contributed by atoms with E-state index in [1.807, 2.05) is 6.92 Å². The van der Waals surface area contributed by atoms with Gasteiger partial charge < -0.3 is 10.5 Å². The Balaban J connectivity index is 3.32. The molecule has 0 fully saturated rings. The summed E-state index contributed by atoms with van der Waals surface area (Å²) in [5.41, 5.74) is 6.01. The van der Waals surface area contributed by atoms with Crippen molar-refractivity contribution in [1.29, 1.82) is 0 Å². The molecule has 0 unspecified atom stereocenters. The number of sulfonamides is 1. The highest BCUT2D eigenvalue weighted by molar-refractivity contribution is 7.89. The molecule has 0 amide bonds. The van der Waals surface area contributed by atoms with E-state index in [4.69, 9.17) is 16.9 Å². The van der Waals surface area contributed by atoms with Gasteiger partial charge in [0.15, 0.2) is 0 Å². The van der Waals surface area contributed by atoms with Gasteiger partial charge in [0.1, 0.15) is 10.6 Å². The number of rotatable bonds is 6. The molecule has 0 heterocycles. The van der Waals surface area contributed by atoms with Crippen molar-refractivity contribution < 1.29 is 13.2 Å². The van der Waals surface area contributed by atoms with Crippen LogP contribution >= 0.6 is 0 Å². The molecule has 6 heteroatoms. The number of anilines is 1. The first-order valence-electron chi connectivity index (χ1n) is 5.84. The molecule has 1 aromatic carbocycles. The molecule has 0 saturated carbocycles. The van der Waals surface area contributed by atoms with E-state index in [0.29, 0.717) is 18.7 Å². The van der Waals surface area contributed by atoms with Gasteiger partial charge in [0.25, 0.3) is 0 Å². The smallest absolute Gasteiger partial charge is 0.247 e. The number of hydrogen-bond acceptors (Lipinski definition) is 4. The van der Waals surface area contributed by atoms with Crippen molar-refractivity contribution in [2.45, 2.75) is 18.2 Å². The van der Waals surface area contributed by atoms with Gasteiger partial charge in [-0.3, -0.25) is 0 Å². The normalized spacial score (nSPS) is 11.3. The summed E-state index contributed by atoms with van der Waals surface area (Å²) in [5.74, 6) is 2.61. The van der Waals surface area contributed by atoms with Gasteiger partial charge in [-0.05, 0) is 24.6 Å². The van der Waals surface area contributed by atoms with Crippen LogP contribution in [0.15, 0.2) is 23.1 Å². The molecule has 5 nitrogen and oxygen atoms in total. The average molecular weight is 282 g/mol. The molecule has 104 valence electrons. The lowest BCUT2D eigenvalue weighted by molar-refractivity contribution is 0.396. The Morgan fingerprint density at radius 2 is 2.16 bits per heavy atom. The first kappa shape index (κ1) is 15.3. The number of hydrogen-bond donors (Lipinski definition) is 1. The van der Waals surface area contributed by atoms with Crippen LogP contribution in [0.4, 0.5) is 5.69 Å². The molecule has 1 rings (SSSR count). The number of nitrogen functional groups attached to an aromatic ring is 1. The fourth-order valence-corrected chi connectivity index (χ4v) is 3.31. The van der Waals surface area contributed by atoms with Gasteiger partial charge in [0.2, 0.25) is 10.0 Å². The molecule has 0 aromatic heterocycles. The Hall–Kier alpha value is -1.71. The predicted octanol–water partition coefficient (Wildman–Crippen LogP) is 1.31. The Morgan fingerprint density at radius 1 is 1.47 bits per heavy atom. The molecular formula is C13H18N2O3S. The highest BCUT2D eigenvalue weighted by Gasteiger charge is 2.26. The summed E-state index contributed by atoms with van der Waals surface area (Å²) in [6.07, 6.45) is 5.90. The lowest BCUT2D eigenvalue weighted by atomic mass is 10.3. The van der Waals surface area contributed by atoms with Crippen LogP contribution in [-0.4, -0.2) is 32.9 Å². The quantitative estimate of drug-likeness (QED) is 0.631. The Labute approximate surface area is 114 Å². The second kappa shape index (κ2) is 6.45. The van der Waals surface area contributed by atoms with Crippen molar-refractivity contribution in [3.8, 4) is 18.1 Å². The van der Waals surface area contributed by atoms with Crippen LogP contribution in [0, 0.1) is 12.3 Å². The SMILES string of the molecule is C#CCN(CCC)S(=O)(=O)c1cc(N)ccc1OC. The van der Waals surface area contributed by atoms with E-state index in [1.165, 1.54) is 23.5 Å². The summed E-state index contributed by atoms with van der Waals surface area (Å²) in [5, 5.41) is 0. The highest BCUT2D eigenvalue weighted by Crippen LogP contribution is 2.28. The molecule has 0 spiro atoms. The maximum Gasteiger partial charge on any atom is 0.247 e. The van der Waals surface area contributed by atoms with E-state index in [1.54, 1.807) is 6.07 Å². The Morgan fingerprint density at radius 3 is 2.68 bits per heavy atom. The van der Waals surface area contributed by atoms with Crippen LogP contribution in [0.1, 0.15) is 13.3 Å². The minimum atomic E-state index is -3.70. The molecule has 0 aliphatic rings. The van der Waals surface area contributed by atoms with E-state index in [0.717, 1.165) is 0 Å². The van der Waals surface area contributed by atoms with Crippen molar-refractivity contribution in [3.63, 3.8) is 0 Å². The van der Waals surface area contributed by atoms with Gasteiger partial charge in [0.05, 0.1) is 13.7 Å². The standard InChI is InChI=1S/C13H18N2O3S/c1-4-8-15(9-5-2)19(16,17)13-10-11(14)6-7-12(13)18-3/h1,6-7,10H,5,8-9,14H2,2-3H3. The number of benzene rings is 1. The van der Waals surface area contributed by atoms with Crippen LogP contribution in [-0.2, 0) is 10.0 Å². The fraction of sp³-hybridized carbons (Fsp3) is 0.385. The first-order valence-corrected chi connectivity index (χ1v) is 7.28. The van der Waals surface area contributed by atoms with Crippen molar-refractivity contribution in [3.05, 3.63) is 18.2 Å². The fourth-order valence-electron chi connectivity index (χ4n) is 1.67. The maximum atomic E-state index is 12.5. The lowest BCUT2D eigenvalue weighted by Gasteiger charge is -2.20. The minimum Gasteiger partial charge on any atom is -0.495 e. The number of nitrogens with zero attached hydrogens (tertiary/aromatic N) is 1. The molecule has 0 radical (unpaired) electrons. The zero-order valence-electron chi connectivity index (χ0n) is 11.1. The second-order valence-electron chi connectivity index (χ2n) is 3.95. The molecule has 1 aromatic rings. The number of ether oxygens (including phenoxy) is 1. The third kappa shape index (κ3) is 3.40. The van der Waals surface area contributed by atoms with E-state index < -0.39 is 10.0 Å². The summed E-state index contributed by atoms with van der Waals surface area (Å²) >= 11 is 0. The molecule has 2 N–H and O–H groups in total. The zero-order chi connectivity index (χ0) is 14.5.